The summed E-state index contributed by atoms with van der Waals surface area (Å²) in [4.78, 5) is 12.3. The van der Waals surface area contributed by atoms with E-state index in [0.717, 1.165) is 0 Å². The standard InChI is InChI=1S/C19H30O5/c1-18(2,3)15-13(9-7-11-21-15)23-17(20)24-14-10-8-12-22-16(14)19(4,5)6/h7-10,13-16H,11-12H2,1-6H3. The monoisotopic (exact) mass is 338 g/mol. The van der Waals surface area contributed by atoms with Crippen molar-refractivity contribution in [2.45, 2.75) is 66.0 Å². The molecule has 0 aliphatic carbocycles. The SMILES string of the molecule is CC(C)(C)C1OCC=CC1OC(=O)OC1C=CCOC1C(C)(C)C. The summed E-state index contributed by atoms with van der Waals surface area (Å²) in [7, 11) is 0. The summed E-state index contributed by atoms with van der Waals surface area (Å²) in [6.45, 7) is 13.4. The van der Waals surface area contributed by atoms with Crippen molar-refractivity contribution in [3.05, 3.63) is 24.3 Å². The first-order valence-electron chi connectivity index (χ1n) is 8.53. The highest BCUT2D eigenvalue weighted by molar-refractivity contribution is 5.61. The molecule has 24 heavy (non-hydrogen) atoms. The van der Waals surface area contributed by atoms with E-state index in [-0.39, 0.29) is 23.0 Å². The lowest BCUT2D eigenvalue weighted by atomic mass is 9.84. The van der Waals surface area contributed by atoms with Crippen LogP contribution in [-0.4, -0.2) is 43.8 Å². The van der Waals surface area contributed by atoms with Gasteiger partial charge in [0.1, 0.15) is 12.2 Å². The fourth-order valence-corrected chi connectivity index (χ4v) is 3.03. The highest BCUT2D eigenvalue weighted by Gasteiger charge is 2.39. The van der Waals surface area contributed by atoms with E-state index >= 15 is 0 Å². The predicted octanol–water partition coefficient (Wildman–Crippen LogP) is 3.88. The minimum atomic E-state index is -0.696. The van der Waals surface area contributed by atoms with E-state index in [4.69, 9.17) is 18.9 Å². The molecule has 2 heterocycles. The van der Waals surface area contributed by atoms with Crippen LogP contribution in [0.15, 0.2) is 24.3 Å². The van der Waals surface area contributed by atoms with Gasteiger partial charge in [0, 0.05) is 0 Å². The van der Waals surface area contributed by atoms with Crippen molar-refractivity contribution in [1.82, 2.24) is 0 Å². The fraction of sp³-hybridized carbons (Fsp3) is 0.737. The van der Waals surface area contributed by atoms with Gasteiger partial charge in [-0.1, -0.05) is 53.7 Å². The van der Waals surface area contributed by atoms with Crippen molar-refractivity contribution < 1.29 is 23.7 Å². The lowest BCUT2D eigenvalue weighted by Gasteiger charge is -2.38. The molecule has 4 unspecified atom stereocenters. The summed E-state index contributed by atoms with van der Waals surface area (Å²) < 4.78 is 22.6. The first-order valence-corrected chi connectivity index (χ1v) is 8.53. The third kappa shape index (κ3) is 4.84. The number of hydrogen-bond donors (Lipinski definition) is 0. The molecule has 0 saturated heterocycles. The fourth-order valence-electron chi connectivity index (χ4n) is 3.03. The second-order valence-electron chi connectivity index (χ2n) is 8.51. The molecule has 0 amide bonds. The summed E-state index contributed by atoms with van der Waals surface area (Å²) in [5, 5.41) is 0. The van der Waals surface area contributed by atoms with E-state index in [0.29, 0.717) is 13.2 Å². The van der Waals surface area contributed by atoms with Gasteiger partial charge in [0.2, 0.25) is 0 Å². The van der Waals surface area contributed by atoms with Crippen LogP contribution in [0, 0.1) is 10.8 Å². The molecule has 0 spiro atoms. The number of rotatable bonds is 2. The normalized spacial score (nSPS) is 30.9. The van der Waals surface area contributed by atoms with E-state index < -0.39 is 18.4 Å². The highest BCUT2D eigenvalue weighted by Crippen LogP contribution is 2.31. The Labute approximate surface area is 145 Å². The smallest absolute Gasteiger partial charge is 0.424 e. The van der Waals surface area contributed by atoms with E-state index in [9.17, 15) is 4.79 Å². The largest absolute Gasteiger partial charge is 0.509 e. The molecule has 0 aromatic heterocycles. The van der Waals surface area contributed by atoms with E-state index in [2.05, 4.69) is 41.5 Å². The van der Waals surface area contributed by atoms with Crippen LogP contribution in [-0.2, 0) is 18.9 Å². The van der Waals surface area contributed by atoms with Crippen LogP contribution in [0.4, 0.5) is 4.79 Å². The molecule has 5 heteroatoms. The number of carbonyl (C=O) groups is 1. The first kappa shape index (κ1) is 19.0. The Hall–Kier alpha value is -1.33. The molecule has 0 fully saturated rings. The van der Waals surface area contributed by atoms with Crippen LogP contribution >= 0.6 is 0 Å². The van der Waals surface area contributed by atoms with Gasteiger partial charge in [-0.15, -0.1) is 0 Å². The van der Waals surface area contributed by atoms with Gasteiger partial charge in [-0.2, -0.15) is 0 Å². The average molecular weight is 338 g/mol. The molecule has 5 nitrogen and oxygen atoms in total. The molecular weight excluding hydrogens is 308 g/mol. The van der Waals surface area contributed by atoms with Gasteiger partial charge >= 0.3 is 6.16 Å². The van der Waals surface area contributed by atoms with Crippen LogP contribution in [0.3, 0.4) is 0 Å². The van der Waals surface area contributed by atoms with Gasteiger partial charge in [-0.3, -0.25) is 0 Å². The second-order valence-corrected chi connectivity index (χ2v) is 8.51. The van der Waals surface area contributed by atoms with Gasteiger partial charge in [-0.25, -0.2) is 4.79 Å². The van der Waals surface area contributed by atoms with Crippen molar-refractivity contribution in [3.8, 4) is 0 Å². The third-order valence-corrected chi connectivity index (χ3v) is 4.16. The van der Waals surface area contributed by atoms with Crippen molar-refractivity contribution in [2.75, 3.05) is 13.2 Å². The molecule has 136 valence electrons. The average Bonchev–Trinajstić information content (AvgIpc) is 2.46. The summed E-state index contributed by atoms with van der Waals surface area (Å²) in [6.07, 6.45) is 5.46. The van der Waals surface area contributed by atoms with E-state index in [1.807, 2.05) is 24.3 Å². The minimum absolute atomic E-state index is 0.141. The maximum absolute atomic E-state index is 12.3. The number of carbonyl (C=O) groups excluding carboxylic acids is 1. The van der Waals surface area contributed by atoms with E-state index in [1.165, 1.54) is 0 Å². The lowest BCUT2D eigenvalue weighted by Crippen LogP contribution is -2.46. The Bertz CT molecular complexity index is 451. The van der Waals surface area contributed by atoms with Crippen molar-refractivity contribution in [1.29, 1.82) is 0 Å². The Morgan fingerprint density at radius 1 is 0.833 bits per heavy atom. The molecule has 2 rings (SSSR count). The summed E-state index contributed by atoms with van der Waals surface area (Å²) in [5.74, 6) is 0. The number of hydrogen-bond acceptors (Lipinski definition) is 5. The van der Waals surface area contributed by atoms with Gasteiger partial charge < -0.3 is 18.9 Å². The van der Waals surface area contributed by atoms with Crippen molar-refractivity contribution in [2.24, 2.45) is 10.8 Å². The zero-order valence-electron chi connectivity index (χ0n) is 15.6. The van der Waals surface area contributed by atoms with Gasteiger partial charge in [0.15, 0.2) is 12.2 Å². The van der Waals surface area contributed by atoms with Gasteiger partial charge in [0.25, 0.3) is 0 Å². The summed E-state index contributed by atoms with van der Waals surface area (Å²) in [6, 6.07) is 0. The zero-order chi connectivity index (χ0) is 18.0. The molecule has 0 radical (unpaired) electrons. The molecule has 0 aromatic rings. The van der Waals surface area contributed by atoms with Crippen molar-refractivity contribution in [3.63, 3.8) is 0 Å². The Morgan fingerprint density at radius 2 is 1.21 bits per heavy atom. The maximum atomic E-state index is 12.3. The van der Waals surface area contributed by atoms with E-state index in [1.54, 1.807) is 0 Å². The van der Waals surface area contributed by atoms with Gasteiger partial charge in [0.05, 0.1) is 13.2 Å². The Morgan fingerprint density at radius 3 is 1.54 bits per heavy atom. The van der Waals surface area contributed by atoms with Crippen LogP contribution in [0.5, 0.6) is 0 Å². The molecule has 0 aromatic carbocycles. The summed E-state index contributed by atoms with van der Waals surface area (Å²) >= 11 is 0. The summed E-state index contributed by atoms with van der Waals surface area (Å²) in [5.41, 5.74) is -0.283. The second kappa shape index (κ2) is 7.28. The first-order chi connectivity index (χ1) is 11.1. The van der Waals surface area contributed by atoms with Gasteiger partial charge in [-0.05, 0) is 23.0 Å². The quantitative estimate of drug-likeness (QED) is 0.565. The predicted molar refractivity (Wildman–Crippen MR) is 91.8 cm³/mol. The lowest BCUT2D eigenvalue weighted by molar-refractivity contribution is -0.115. The Balaban J connectivity index is 2.01. The molecule has 0 N–H and O–H groups in total. The van der Waals surface area contributed by atoms with Crippen LogP contribution in [0.2, 0.25) is 0 Å². The third-order valence-electron chi connectivity index (χ3n) is 4.16. The highest BCUT2D eigenvalue weighted by atomic mass is 16.7. The number of ether oxygens (including phenoxy) is 4. The maximum Gasteiger partial charge on any atom is 0.509 e. The van der Waals surface area contributed by atoms with Crippen LogP contribution < -0.4 is 0 Å². The minimum Gasteiger partial charge on any atom is -0.424 e. The Kier molecular flexibility index (Phi) is 5.76. The van der Waals surface area contributed by atoms with Crippen LogP contribution in [0.1, 0.15) is 41.5 Å². The topological polar surface area (TPSA) is 54.0 Å². The molecule has 0 saturated carbocycles. The molecule has 2 aliphatic rings. The molecule has 0 bridgehead atoms. The molecular formula is C19H30O5. The zero-order valence-corrected chi connectivity index (χ0v) is 15.6. The molecule has 2 aliphatic heterocycles. The van der Waals surface area contributed by atoms with Crippen LogP contribution in [0.25, 0.3) is 0 Å². The molecule has 4 atom stereocenters. The van der Waals surface area contributed by atoms with Crippen molar-refractivity contribution >= 4 is 6.16 Å².